The van der Waals surface area contributed by atoms with Crippen molar-refractivity contribution in [2.45, 2.75) is 38.8 Å². The van der Waals surface area contributed by atoms with Crippen LogP contribution in [-0.4, -0.2) is 36.6 Å². The Balaban J connectivity index is 0.000000845. The van der Waals surface area contributed by atoms with Crippen LogP contribution in [0.3, 0.4) is 0 Å². The van der Waals surface area contributed by atoms with Crippen LogP contribution in [0.5, 0.6) is 0 Å². The van der Waals surface area contributed by atoms with Crippen LogP contribution in [0.4, 0.5) is 0 Å². The fraction of sp³-hybridized carbons (Fsp3) is 1.00. The summed E-state index contributed by atoms with van der Waals surface area (Å²) in [6, 6.07) is 1.54. The van der Waals surface area contributed by atoms with E-state index in [0.717, 1.165) is 18.0 Å². The minimum atomic E-state index is 0. The Morgan fingerprint density at radius 3 is 2.77 bits per heavy atom. The highest BCUT2D eigenvalue weighted by atomic mass is 35.5. The van der Waals surface area contributed by atoms with E-state index >= 15 is 0 Å². The van der Waals surface area contributed by atoms with E-state index in [2.05, 4.69) is 24.1 Å². The van der Waals surface area contributed by atoms with Gasteiger partial charge in [0, 0.05) is 18.6 Å². The lowest BCUT2D eigenvalue weighted by molar-refractivity contribution is 0.134. The van der Waals surface area contributed by atoms with Crippen molar-refractivity contribution in [2.75, 3.05) is 19.6 Å². The highest BCUT2D eigenvalue weighted by molar-refractivity contribution is 5.85. The van der Waals surface area contributed by atoms with Crippen LogP contribution in [0.25, 0.3) is 0 Å². The largest absolute Gasteiger partial charge is 0.312 e. The SMILES string of the molecule is CC(C)N1CCC2CCNC2C1.Cl. The second-order valence-electron chi connectivity index (χ2n) is 4.49. The first kappa shape index (κ1) is 11.3. The molecular weight excluding hydrogens is 184 g/mol. The van der Waals surface area contributed by atoms with Gasteiger partial charge in [-0.2, -0.15) is 0 Å². The monoisotopic (exact) mass is 204 g/mol. The third kappa shape index (κ3) is 2.36. The van der Waals surface area contributed by atoms with Crippen molar-refractivity contribution in [3.63, 3.8) is 0 Å². The zero-order valence-electron chi connectivity index (χ0n) is 8.62. The molecular formula is C10H21ClN2. The van der Waals surface area contributed by atoms with Gasteiger partial charge in [0.2, 0.25) is 0 Å². The average Bonchev–Trinajstić information content (AvgIpc) is 2.49. The molecule has 0 saturated carbocycles. The summed E-state index contributed by atoms with van der Waals surface area (Å²) in [5.41, 5.74) is 0. The highest BCUT2D eigenvalue weighted by Gasteiger charge is 2.32. The zero-order chi connectivity index (χ0) is 8.55. The topological polar surface area (TPSA) is 15.3 Å². The molecule has 0 spiro atoms. The van der Waals surface area contributed by atoms with Crippen molar-refractivity contribution in [3.05, 3.63) is 0 Å². The van der Waals surface area contributed by atoms with Gasteiger partial charge in [-0.1, -0.05) is 0 Å². The fourth-order valence-electron chi connectivity index (χ4n) is 2.53. The standard InChI is InChI=1S/C10H20N2.ClH/c1-8(2)12-6-4-9-3-5-11-10(9)7-12;/h8-11H,3-7H2,1-2H3;1H. The van der Waals surface area contributed by atoms with E-state index in [1.807, 2.05) is 0 Å². The van der Waals surface area contributed by atoms with Crippen LogP contribution in [0.2, 0.25) is 0 Å². The molecule has 0 bridgehead atoms. The summed E-state index contributed by atoms with van der Waals surface area (Å²) in [5.74, 6) is 0.986. The molecule has 0 aromatic carbocycles. The Bertz CT molecular complexity index is 161. The molecule has 1 N–H and O–H groups in total. The van der Waals surface area contributed by atoms with Crippen molar-refractivity contribution in [2.24, 2.45) is 5.92 Å². The maximum absolute atomic E-state index is 3.60. The van der Waals surface area contributed by atoms with E-state index in [-0.39, 0.29) is 12.4 Å². The Labute approximate surface area is 87.5 Å². The molecule has 0 radical (unpaired) electrons. The van der Waals surface area contributed by atoms with Crippen LogP contribution in [0, 0.1) is 5.92 Å². The number of halogens is 1. The van der Waals surface area contributed by atoms with Crippen molar-refractivity contribution in [1.82, 2.24) is 10.2 Å². The van der Waals surface area contributed by atoms with E-state index in [1.54, 1.807) is 0 Å². The Hall–Kier alpha value is 0.210. The normalized spacial score (nSPS) is 34.4. The van der Waals surface area contributed by atoms with Gasteiger partial charge in [-0.05, 0) is 45.7 Å². The number of piperidine rings is 1. The first-order valence-electron chi connectivity index (χ1n) is 5.25. The molecule has 2 aliphatic heterocycles. The van der Waals surface area contributed by atoms with Gasteiger partial charge in [-0.3, -0.25) is 4.90 Å². The van der Waals surface area contributed by atoms with E-state index in [4.69, 9.17) is 0 Å². The summed E-state index contributed by atoms with van der Waals surface area (Å²) in [4.78, 5) is 2.60. The number of nitrogens with zero attached hydrogens (tertiary/aromatic N) is 1. The van der Waals surface area contributed by atoms with Gasteiger partial charge in [-0.15, -0.1) is 12.4 Å². The molecule has 2 heterocycles. The summed E-state index contributed by atoms with van der Waals surface area (Å²) >= 11 is 0. The molecule has 0 amide bonds. The molecule has 13 heavy (non-hydrogen) atoms. The van der Waals surface area contributed by atoms with Crippen LogP contribution >= 0.6 is 12.4 Å². The number of likely N-dealkylation sites (tertiary alicyclic amines) is 1. The van der Waals surface area contributed by atoms with Crippen LogP contribution < -0.4 is 5.32 Å². The van der Waals surface area contributed by atoms with E-state index in [0.29, 0.717) is 0 Å². The molecule has 0 aromatic heterocycles. The zero-order valence-corrected chi connectivity index (χ0v) is 9.44. The van der Waals surface area contributed by atoms with Gasteiger partial charge in [0.1, 0.15) is 0 Å². The van der Waals surface area contributed by atoms with Gasteiger partial charge in [0.25, 0.3) is 0 Å². The van der Waals surface area contributed by atoms with Gasteiger partial charge >= 0.3 is 0 Å². The number of nitrogens with one attached hydrogen (secondary N) is 1. The number of hydrogen-bond donors (Lipinski definition) is 1. The number of fused-ring (bicyclic) bond motifs is 1. The molecule has 2 saturated heterocycles. The second-order valence-corrected chi connectivity index (χ2v) is 4.49. The van der Waals surface area contributed by atoms with Gasteiger partial charge in [0.05, 0.1) is 0 Å². The van der Waals surface area contributed by atoms with E-state index in [1.165, 1.54) is 32.5 Å². The lowest BCUT2D eigenvalue weighted by Crippen LogP contribution is -2.48. The second kappa shape index (κ2) is 4.63. The van der Waals surface area contributed by atoms with Crippen molar-refractivity contribution in [1.29, 1.82) is 0 Å². The molecule has 0 aromatic rings. The molecule has 3 heteroatoms. The lowest BCUT2D eigenvalue weighted by Gasteiger charge is -2.37. The van der Waals surface area contributed by atoms with Crippen molar-refractivity contribution < 1.29 is 0 Å². The van der Waals surface area contributed by atoms with Gasteiger partial charge in [0.15, 0.2) is 0 Å². The van der Waals surface area contributed by atoms with Gasteiger partial charge < -0.3 is 5.32 Å². The van der Waals surface area contributed by atoms with E-state index in [9.17, 15) is 0 Å². The van der Waals surface area contributed by atoms with Gasteiger partial charge in [-0.25, -0.2) is 0 Å². The third-order valence-electron chi connectivity index (χ3n) is 3.44. The lowest BCUT2D eigenvalue weighted by atomic mass is 9.92. The molecule has 2 atom stereocenters. The predicted molar refractivity (Wildman–Crippen MR) is 58.5 cm³/mol. The average molecular weight is 205 g/mol. The predicted octanol–water partition coefficient (Wildman–Crippen LogP) is 1.50. The third-order valence-corrected chi connectivity index (χ3v) is 3.44. The summed E-state index contributed by atoms with van der Waals surface area (Å²) in [6.45, 7) is 8.45. The van der Waals surface area contributed by atoms with Crippen LogP contribution in [-0.2, 0) is 0 Å². The highest BCUT2D eigenvalue weighted by Crippen LogP contribution is 2.25. The maximum Gasteiger partial charge on any atom is 0.0224 e. The van der Waals surface area contributed by atoms with Crippen LogP contribution in [0.15, 0.2) is 0 Å². The first-order chi connectivity index (χ1) is 5.77. The van der Waals surface area contributed by atoms with E-state index < -0.39 is 0 Å². The smallest absolute Gasteiger partial charge is 0.0224 e. The van der Waals surface area contributed by atoms with Crippen molar-refractivity contribution in [3.8, 4) is 0 Å². The Kier molecular flexibility index (Phi) is 4.02. The molecule has 2 unspecified atom stereocenters. The quantitative estimate of drug-likeness (QED) is 0.697. The Morgan fingerprint density at radius 2 is 2.08 bits per heavy atom. The summed E-state index contributed by atoms with van der Waals surface area (Å²) < 4.78 is 0. The molecule has 78 valence electrons. The molecule has 2 aliphatic rings. The summed E-state index contributed by atoms with van der Waals surface area (Å²) in [5, 5.41) is 3.60. The number of hydrogen-bond acceptors (Lipinski definition) is 2. The van der Waals surface area contributed by atoms with Crippen molar-refractivity contribution >= 4 is 12.4 Å². The summed E-state index contributed by atoms with van der Waals surface area (Å²) in [6.07, 6.45) is 2.83. The first-order valence-corrected chi connectivity index (χ1v) is 5.25. The molecule has 2 fully saturated rings. The summed E-state index contributed by atoms with van der Waals surface area (Å²) in [7, 11) is 0. The Morgan fingerprint density at radius 1 is 1.31 bits per heavy atom. The minimum absolute atomic E-state index is 0. The minimum Gasteiger partial charge on any atom is -0.312 e. The molecule has 2 nitrogen and oxygen atoms in total. The fourth-order valence-corrected chi connectivity index (χ4v) is 2.53. The van der Waals surface area contributed by atoms with Crippen LogP contribution in [0.1, 0.15) is 26.7 Å². The number of rotatable bonds is 1. The molecule has 0 aliphatic carbocycles. The maximum atomic E-state index is 3.60. The molecule has 2 rings (SSSR count).